The van der Waals surface area contributed by atoms with E-state index in [1.165, 1.54) is 12.8 Å². The number of rotatable bonds is 2. The van der Waals surface area contributed by atoms with Crippen LogP contribution in [-0.4, -0.2) is 0 Å². The summed E-state index contributed by atoms with van der Waals surface area (Å²) in [6, 6.07) is 0. The zero-order valence-corrected chi connectivity index (χ0v) is 8.96. The summed E-state index contributed by atoms with van der Waals surface area (Å²) < 4.78 is 0. The Hall–Kier alpha value is -0.520. The van der Waals surface area contributed by atoms with E-state index >= 15 is 0 Å². The molecule has 0 aromatic carbocycles. The Morgan fingerprint density at radius 3 is 2.54 bits per heavy atom. The summed E-state index contributed by atoms with van der Waals surface area (Å²) in [5.41, 5.74) is 1.57. The maximum absolute atomic E-state index is 2.53. The first-order chi connectivity index (χ1) is 6.16. The highest BCUT2D eigenvalue weighted by atomic mass is 14.4. The Morgan fingerprint density at radius 1 is 1.31 bits per heavy atom. The van der Waals surface area contributed by atoms with E-state index in [0.717, 1.165) is 23.7 Å². The van der Waals surface area contributed by atoms with E-state index in [1.807, 2.05) is 0 Å². The van der Waals surface area contributed by atoms with Crippen LogP contribution >= 0.6 is 0 Å². The fourth-order valence-electron chi connectivity index (χ4n) is 2.55. The molecule has 1 fully saturated rings. The van der Waals surface area contributed by atoms with Gasteiger partial charge in [0, 0.05) is 0 Å². The summed E-state index contributed by atoms with van der Waals surface area (Å²) >= 11 is 0. The molecule has 3 atom stereocenters. The molecule has 0 nitrogen and oxygen atoms in total. The smallest absolute Gasteiger partial charge is 0.0162 e. The highest BCUT2D eigenvalue weighted by Crippen LogP contribution is 2.44. The van der Waals surface area contributed by atoms with E-state index in [9.17, 15) is 0 Å². The Labute approximate surface area is 81.7 Å². The zero-order valence-electron chi connectivity index (χ0n) is 8.96. The van der Waals surface area contributed by atoms with E-state index in [-0.39, 0.29) is 0 Å². The van der Waals surface area contributed by atoms with Crippen LogP contribution in [0.3, 0.4) is 0 Å². The predicted molar refractivity (Wildman–Crippen MR) is 57.4 cm³/mol. The standard InChI is InChI=1S/C13H20/c1-9(2)10(3)6-13-8-11-4-5-12(13)7-11/h4-6,9,11-13H,7-8H2,1-3H3/b10-6+. The minimum absolute atomic E-state index is 0.725. The summed E-state index contributed by atoms with van der Waals surface area (Å²) in [5.74, 6) is 3.37. The lowest BCUT2D eigenvalue weighted by Crippen LogP contribution is -2.05. The summed E-state index contributed by atoms with van der Waals surface area (Å²) in [4.78, 5) is 0. The van der Waals surface area contributed by atoms with Crippen molar-refractivity contribution >= 4 is 0 Å². The molecule has 0 amide bonds. The fraction of sp³-hybridized carbons (Fsp3) is 0.692. The largest absolute Gasteiger partial charge is 0.0851 e. The molecule has 0 aliphatic heterocycles. The molecule has 0 heterocycles. The normalized spacial score (nSPS) is 37.8. The van der Waals surface area contributed by atoms with Crippen molar-refractivity contribution < 1.29 is 0 Å². The molecule has 0 N–H and O–H groups in total. The SMILES string of the molecule is C/C(=C\C1CC2C=CC1C2)C(C)C. The molecular formula is C13H20. The van der Waals surface area contributed by atoms with Crippen LogP contribution in [0.5, 0.6) is 0 Å². The molecule has 13 heavy (non-hydrogen) atoms. The Morgan fingerprint density at radius 2 is 2.08 bits per heavy atom. The first-order valence-electron chi connectivity index (χ1n) is 5.53. The highest BCUT2D eigenvalue weighted by Gasteiger charge is 2.34. The third kappa shape index (κ3) is 1.72. The fourth-order valence-corrected chi connectivity index (χ4v) is 2.55. The van der Waals surface area contributed by atoms with Gasteiger partial charge in [-0.1, -0.05) is 37.6 Å². The predicted octanol–water partition coefficient (Wildman–Crippen LogP) is 3.80. The molecule has 3 unspecified atom stereocenters. The van der Waals surface area contributed by atoms with Crippen molar-refractivity contribution in [3.05, 3.63) is 23.8 Å². The number of fused-ring (bicyclic) bond motifs is 2. The van der Waals surface area contributed by atoms with Crippen molar-refractivity contribution in [2.75, 3.05) is 0 Å². The molecular weight excluding hydrogens is 156 g/mol. The van der Waals surface area contributed by atoms with Crippen LogP contribution in [0.1, 0.15) is 33.6 Å². The molecule has 1 saturated carbocycles. The summed E-state index contributed by atoms with van der Waals surface area (Å²) in [6.07, 6.45) is 10.2. The van der Waals surface area contributed by atoms with Crippen LogP contribution in [0.4, 0.5) is 0 Å². The first kappa shape index (κ1) is 9.05. The number of allylic oxidation sites excluding steroid dienone is 4. The van der Waals surface area contributed by atoms with Gasteiger partial charge in [0.25, 0.3) is 0 Å². The maximum Gasteiger partial charge on any atom is -0.0162 e. The molecule has 2 aliphatic carbocycles. The second-order valence-electron chi connectivity index (χ2n) is 5.01. The molecule has 0 radical (unpaired) electrons. The number of hydrogen-bond donors (Lipinski definition) is 0. The molecule has 0 spiro atoms. The minimum atomic E-state index is 0.725. The van der Waals surface area contributed by atoms with E-state index < -0.39 is 0 Å². The van der Waals surface area contributed by atoms with Gasteiger partial charge in [0.2, 0.25) is 0 Å². The van der Waals surface area contributed by atoms with Crippen molar-refractivity contribution in [3.63, 3.8) is 0 Å². The van der Waals surface area contributed by atoms with Crippen molar-refractivity contribution in [2.24, 2.45) is 23.7 Å². The van der Waals surface area contributed by atoms with Gasteiger partial charge in [0.1, 0.15) is 0 Å². The van der Waals surface area contributed by atoms with Crippen LogP contribution in [0, 0.1) is 23.7 Å². The molecule has 0 heteroatoms. The van der Waals surface area contributed by atoms with Crippen LogP contribution in [0.15, 0.2) is 23.8 Å². The third-order valence-electron chi connectivity index (χ3n) is 3.72. The summed E-state index contributed by atoms with van der Waals surface area (Å²) in [5, 5.41) is 0. The van der Waals surface area contributed by atoms with Gasteiger partial charge in [0.15, 0.2) is 0 Å². The van der Waals surface area contributed by atoms with Gasteiger partial charge in [0.05, 0.1) is 0 Å². The lowest BCUT2D eigenvalue weighted by Gasteiger charge is -2.16. The average Bonchev–Trinajstić information content (AvgIpc) is 2.64. The maximum atomic E-state index is 2.53. The van der Waals surface area contributed by atoms with Gasteiger partial charge in [-0.3, -0.25) is 0 Å². The molecule has 0 aromatic heterocycles. The topological polar surface area (TPSA) is 0 Å². The summed E-state index contributed by atoms with van der Waals surface area (Å²) in [7, 11) is 0. The van der Waals surface area contributed by atoms with Crippen LogP contribution in [0.2, 0.25) is 0 Å². The molecule has 2 rings (SSSR count). The summed E-state index contributed by atoms with van der Waals surface area (Å²) in [6.45, 7) is 6.85. The third-order valence-corrected chi connectivity index (χ3v) is 3.72. The second-order valence-corrected chi connectivity index (χ2v) is 5.01. The average molecular weight is 176 g/mol. The molecule has 2 aliphatic rings. The monoisotopic (exact) mass is 176 g/mol. The lowest BCUT2D eigenvalue weighted by molar-refractivity contribution is 0.540. The van der Waals surface area contributed by atoms with Crippen LogP contribution < -0.4 is 0 Å². The van der Waals surface area contributed by atoms with E-state index in [4.69, 9.17) is 0 Å². The van der Waals surface area contributed by atoms with Gasteiger partial charge in [-0.25, -0.2) is 0 Å². The van der Waals surface area contributed by atoms with Crippen LogP contribution in [0.25, 0.3) is 0 Å². The molecule has 2 bridgehead atoms. The van der Waals surface area contributed by atoms with Crippen molar-refractivity contribution in [2.45, 2.75) is 33.6 Å². The van der Waals surface area contributed by atoms with Crippen LogP contribution in [-0.2, 0) is 0 Å². The molecule has 0 saturated heterocycles. The quantitative estimate of drug-likeness (QED) is 0.561. The molecule has 0 aromatic rings. The number of hydrogen-bond acceptors (Lipinski definition) is 0. The van der Waals surface area contributed by atoms with Gasteiger partial charge in [-0.05, 0) is 43.4 Å². The van der Waals surface area contributed by atoms with E-state index in [2.05, 4.69) is 39.0 Å². The van der Waals surface area contributed by atoms with Crippen molar-refractivity contribution in [1.29, 1.82) is 0 Å². The van der Waals surface area contributed by atoms with Gasteiger partial charge in [-0.2, -0.15) is 0 Å². The second kappa shape index (κ2) is 3.32. The van der Waals surface area contributed by atoms with Crippen molar-refractivity contribution in [1.82, 2.24) is 0 Å². The van der Waals surface area contributed by atoms with Gasteiger partial charge >= 0.3 is 0 Å². The van der Waals surface area contributed by atoms with E-state index in [1.54, 1.807) is 5.57 Å². The van der Waals surface area contributed by atoms with Crippen molar-refractivity contribution in [3.8, 4) is 0 Å². The van der Waals surface area contributed by atoms with Gasteiger partial charge in [-0.15, -0.1) is 0 Å². The Balaban J connectivity index is 2.04. The Kier molecular flexibility index (Phi) is 2.31. The first-order valence-corrected chi connectivity index (χ1v) is 5.53. The zero-order chi connectivity index (χ0) is 9.42. The Bertz CT molecular complexity index is 245. The lowest BCUT2D eigenvalue weighted by atomic mass is 9.89. The highest BCUT2D eigenvalue weighted by molar-refractivity contribution is 5.17. The van der Waals surface area contributed by atoms with Gasteiger partial charge < -0.3 is 0 Å². The minimum Gasteiger partial charge on any atom is -0.0851 e. The van der Waals surface area contributed by atoms with E-state index in [0.29, 0.717) is 0 Å². The molecule has 72 valence electrons.